The molecule has 1 amide bonds. The molecule has 1 aromatic heterocycles. The molecule has 1 heterocycles. The zero-order valence-corrected chi connectivity index (χ0v) is 16.6. The van der Waals surface area contributed by atoms with Crippen molar-refractivity contribution in [1.82, 2.24) is 9.97 Å². The van der Waals surface area contributed by atoms with Crippen molar-refractivity contribution >= 4 is 17.6 Å². The number of carbonyl (C=O) groups is 1. The van der Waals surface area contributed by atoms with Gasteiger partial charge in [-0.2, -0.15) is 0 Å². The van der Waals surface area contributed by atoms with Gasteiger partial charge in [-0.3, -0.25) is 19.7 Å². The van der Waals surface area contributed by atoms with Crippen molar-refractivity contribution in [2.45, 2.75) is 78.1 Å². The van der Waals surface area contributed by atoms with Crippen molar-refractivity contribution in [2.24, 2.45) is 0 Å². The van der Waals surface area contributed by atoms with Gasteiger partial charge in [-0.05, 0) is 13.3 Å². The molecule has 1 rings (SSSR count). The Labute approximate surface area is 160 Å². The number of hydrogen-bond acceptors (Lipinski definition) is 5. The Kier molecular flexibility index (Phi) is 11.0. The quantitative estimate of drug-likeness (QED) is 0.451. The second-order valence-electron chi connectivity index (χ2n) is 6.70. The second kappa shape index (κ2) is 13.0. The summed E-state index contributed by atoms with van der Waals surface area (Å²) in [7, 11) is 0. The van der Waals surface area contributed by atoms with Crippen molar-refractivity contribution in [3.05, 3.63) is 20.8 Å². The third-order valence-electron chi connectivity index (χ3n) is 4.44. The van der Waals surface area contributed by atoms with Crippen LogP contribution >= 0.6 is 0 Å². The van der Waals surface area contributed by atoms with Gasteiger partial charge in [0, 0.05) is 6.54 Å². The van der Waals surface area contributed by atoms with Crippen molar-refractivity contribution in [2.75, 3.05) is 23.8 Å². The molecule has 0 atom stereocenters. The molecule has 27 heavy (non-hydrogen) atoms. The monoisotopic (exact) mass is 382 g/mol. The Balaban J connectivity index is 2.50. The van der Waals surface area contributed by atoms with E-state index in [1.807, 2.05) is 0 Å². The van der Waals surface area contributed by atoms with E-state index < -0.39 is 17.3 Å². The number of nitrogen functional groups attached to an aromatic ring is 1. The summed E-state index contributed by atoms with van der Waals surface area (Å²) in [6, 6.07) is 0. The normalized spacial score (nSPS) is 10.7. The summed E-state index contributed by atoms with van der Waals surface area (Å²) in [6.45, 7) is 4.41. The number of nitrogens with zero attached hydrogens (tertiary/aromatic N) is 1. The van der Waals surface area contributed by atoms with Gasteiger partial charge in [0.25, 0.3) is 5.56 Å². The van der Waals surface area contributed by atoms with E-state index in [2.05, 4.69) is 16.9 Å². The third-order valence-corrected chi connectivity index (χ3v) is 4.44. The molecule has 8 heteroatoms. The van der Waals surface area contributed by atoms with E-state index in [0.29, 0.717) is 6.54 Å². The molecule has 0 aromatic carbocycles. The highest BCUT2D eigenvalue weighted by molar-refractivity contribution is 5.90. The predicted molar refractivity (Wildman–Crippen MR) is 108 cm³/mol. The average molecular weight is 383 g/mol. The van der Waals surface area contributed by atoms with E-state index in [9.17, 15) is 14.4 Å². The van der Waals surface area contributed by atoms with Crippen LogP contribution in [0.15, 0.2) is 9.59 Å². The average Bonchev–Trinajstić information content (AvgIpc) is 2.61. The lowest BCUT2D eigenvalue weighted by molar-refractivity contribution is 0.159. The first-order chi connectivity index (χ1) is 13.0. The van der Waals surface area contributed by atoms with Crippen LogP contribution in [-0.2, 0) is 4.74 Å². The zero-order valence-electron chi connectivity index (χ0n) is 16.6. The molecule has 0 fully saturated rings. The summed E-state index contributed by atoms with van der Waals surface area (Å²) in [6.07, 6.45) is 11.0. The van der Waals surface area contributed by atoms with Gasteiger partial charge in [-0.25, -0.2) is 9.59 Å². The Morgan fingerprint density at radius 2 is 1.48 bits per heavy atom. The lowest BCUT2D eigenvalue weighted by atomic mass is 10.1. The number of aromatic nitrogens is 2. The van der Waals surface area contributed by atoms with Crippen LogP contribution in [0.3, 0.4) is 0 Å². The summed E-state index contributed by atoms with van der Waals surface area (Å²) in [5.41, 5.74) is 4.28. The molecule has 0 saturated heterocycles. The minimum absolute atomic E-state index is 0.0658. The number of rotatable bonds is 13. The van der Waals surface area contributed by atoms with Crippen LogP contribution in [-0.4, -0.2) is 29.2 Å². The Morgan fingerprint density at radius 3 is 2.00 bits per heavy atom. The van der Waals surface area contributed by atoms with Gasteiger partial charge in [0.2, 0.25) is 0 Å². The lowest BCUT2D eigenvalue weighted by Gasteiger charge is -2.21. The smallest absolute Gasteiger partial charge is 0.414 e. The molecule has 4 N–H and O–H groups in total. The molecule has 0 unspecified atom stereocenters. The maximum absolute atomic E-state index is 12.2. The van der Waals surface area contributed by atoms with Crippen LogP contribution in [0.25, 0.3) is 0 Å². The molecule has 0 bridgehead atoms. The molecule has 0 aliphatic rings. The Morgan fingerprint density at radius 1 is 0.926 bits per heavy atom. The first kappa shape index (κ1) is 22.8. The SMILES string of the molecule is CCCCCCCCCCCCN(C(=O)OCC)c1c(N)[nH]c(=O)[nH]c1=O. The van der Waals surface area contributed by atoms with Gasteiger partial charge < -0.3 is 10.5 Å². The van der Waals surface area contributed by atoms with Crippen LogP contribution in [0.1, 0.15) is 78.1 Å². The predicted octanol–water partition coefficient (Wildman–Crippen LogP) is 3.53. The number of nitrogens with one attached hydrogen (secondary N) is 2. The van der Waals surface area contributed by atoms with E-state index in [0.717, 1.165) is 19.3 Å². The molecule has 0 aliphatic heterocycles. The molecular weight excluding hydrogens is 348 g/mol. The topological polar surface area (TPSA) is 121 Å². The fourth-order valence-corrected chi connectivity index (χ4v) is 3.02. The van der Waals surface area contributed by atoms with Gasteiger partial charge >= 0.3 is 11.8 Å². The number of amides is 1. The number of carbonyl (C=O) groups excluding carboxylic acids is 1. The third kappa shape index (κ3) is 8.32. The number of aromatic amines is 2. The van der Waals surface area contributed by atoms with E-state index in [-0.39, 0.29) is 18.1 Å². The fraction of sp³-hybridized carbons (Fsp3) is 0.737. The van der Waals surface area contributed by atoms with Gasteiger partial charge in [-0.1, -0.05) is 64.7 Å². The summed E-state index contributed by atoms with van der Waals surface area (Å²) in [5.74, 6) is -0.135. The fourth-order valence-electron chi connectivity index (χ4n) is 3.02. The highest BCUT2D eigenvalue weighted by Gasteiger charge is 2.22. The minimum Gasteiger partial charge on any atom is -0.449 e. The lowest BCUT2D eigenvalue weighted by Crippen LogP contribution is -2.39. The van der Waals surface area contributed by atoms with Gasteiger partial charge in [0.05, 0.1) is 6.61 Å². The number of nitrogens with two attached hydrogens (primary N) is 1. The van der Waals surface area contributed by atoms with Crippen LogP contribution in [0.2, 0.25) is 0 Å². The van der Waals surface area contributed by atoms with E-state index in [1.54, 1.807) is 6.92 Å². The highest BCUT2D eigenvalue weighted by atomic mass is 16.6. The minimum atomic E-state index is -0.705. The van der Waals surface area contributed by atoms with Crippen LogP contribution in [0.5, 0.6) is 0 Å². The van der Waals surface area contributed by atoms with E-state index >= 15 is 0 Å². The maximum atomic E-state index is 12.2. The Bertz CT molecular complexity index is 668. The summed E-state index contributed by atoms with van der Waals surface area (Å²) in [4.78, 5) is 41.2. The summed E-state index contributed by atoms with van der Waals surface area (Å²) in [5, 5.41) is 0. The van der Waals surface area contributed by atoms with Gasteiger partial charge in [0.15, 0.2) is 5.69 Å². The summed E-state index contributed by atoms with van der Waals surface area (Å²) < 4.78 is 5.03. The van der Waals surface area contributed by atoms with E-state index in [4.69, 9.17) is 10.5 Å². The number of ether oxygens (including phenoxy) is 1. The maximum Gasteiger partial charge on any atom is 0.414 e. The first-order valence-electron chi connectivity index (χ1n) is 10.1. The van der Waals surface area contributed by atoms with Crippen molar-refractivity contribution in [3.8, 4) is 0 Å². The van der Waals surface area contributed by atoms with Crippen LogP contribution < -0.4 is 21.9 Å². The zero-order chi connectivity index (χ0) is 20.1. The van der Waals surface area contributed by atoms with Gasteiger partial charge in [-0.15, -0.1) is 0 Å². The van der Waals surface area contributed by atoms with Gasteiger partial charge in [0.1, 0.15) is 5.82 Å². The first-order valence-corrected chi connectivity index (χ1v) is 10.1. The van der Waals surface area contributed by atoms with Crippen molar-refractivity contribution in [3.63, 3.8) is 0 Å². The number of hydrogen-bond donors (Lipinski definition) is 3. The number of unbranched alkanes of at least 4 members (excludes halogenated alkanes) is 9. The van der Waals surface area contributed by atoms with Crippen molar-refractivity contribution < 1.29 is 9.53 Å². The number of H-pyrrole nitrogens is 2. The molecule has 0 aliphatic carbocycles. The largest absolute Gasteiger partial charge is 0.449 e. The standard InChI is InChI=1S/C19H34N4O4/c1-3-5-6-7-8-9-10-11-12-13-14-23(19(26)27-4-2)15-16(20)21-18(25)22-17(15)24/h3-14H2,1-2H3,(H4,20,21,22,24,25). The summed E-state index contributed by atoms with van der Waals surface area (Å²) >= 11 is 0. The van der Waals surface area contributed by atoms with Crippen molar-refractivity contribution in [1.29, 1.82) is 0 Å². The molecule has 8 nitrogen and oxygen atoms in total. The number of anilines is 2. The molecule has 1 aromatic rings. The second-order valence-corrected chi connectivity index (χ2v) is 6.70. The molecular formula is C19H34N4O4. The molecule has 0 saturated carbocycles. The molecule has 0 radical (unpaired) electrons. The Hall–Kier alpha value is -2.25. The van der Waals surface area contributed by atoms with E-state index in [1.165, 1.54) is 49.8 Å². The molecule has 0 spiro atoms. The molecule has 154 valence electrons. The van der Waals surface area contributed by atoms with Crippen LogP contribution in [0, 0.1) is 0 Å². The van der Waals surface area contributed by atoms with Crippen LogP contribution in [0.4, 0.5) is 16.3 Å². The highest BCUT2D eigenvalue weighted by Crippen LogP contribution is 2.17.